The second-order valence-corrected chi connectivity index (χ2v) is 3.55. The van der Waals surface area contributed by atoms with Crippen LogP contribution in [0.5, 0.6) is 5.75 Å². The van der Waals surface area contributed by atoms with Gasteiger partial charge in [-0.3, -0.25) is 4.79 Å². The van der Waals surface area contributed by atoms with E-state index in [9.17, 15) is 14.0 Å². The van der Waals surface area contributed by atoms with Gasteiger partial charge in [0.25, 0.3) is 5.91 Å². The van der Waals surface area contributed by atoms with Gasteiger partial charge in [0.05, 0.1) is 6.61 Å². The minimum atomic E-state index is -1.32. The number of methoxy groups -OCH3 is 1. The van der Waals surface area contributed by atoms with Gasteiger partial charge in [0.1, 0.15) is 5.56 Å². The van der Waals surface area contributed by atoms with Crippen molar-refractivity contribution in [3.63, 3.8) is 0 Å². The zero-order chi connectivity index (χ0) is 14.3. The number of carboxylic acids is 1. The maximum absolute atomic E-state index is 13.4. The Kier molecular flexibility index (Phi) is 5.74. The summed E-state index contributed by atoms with van der Waals surface area (Å²) < 4.78 is 23.1. The molecule has 19 heavy (non-hydrogen) atoms. The summed E-state index contributed by atoms with van der Waals surface area (Å²) in [5, 5.41) is 11.3. The fourth-order valence-corrected chi connectivity index (χ4v) is 1.31. The normalized spacial score (nSPS) is 10.0. The van der Waals surface area contributed by atoms with E-state index in [1.54, 1.807) is 0 Å². The van der Waals surface area contributed by atoms with Gasteiger partial charge >= 0.3 is 5.97 Å². The van der Waals surface area contributed by atoms with Crippen LogP contribution in [0.25, 0.3) is 0 Å². The van der Waals surface area contributed by atoms with E-state index in [2.05, 4.69) is 5.32 Å². The van der Waals surface area contributed by atoms with Gasteiger partial charge in [0, 0.05) is 13.7 Å². The van der Waals surface area contributed by atoms with E-state index in [1.165, 1.54) is 19.2 Å². The number of carboxylic acid groups (broad SMARTS) is 1. The molecule has 0 bridgehead atoms. The summed E-state index contributed by atoms with van der Waals surface area (Å²) in [6, 6.07) is 3.51. The van der Waals surface area contributed by atoms with E-state index < -0.39 is 30.1 Å². The van der Waals surface area contributed by atoms with Gasteiger partial charge < -0.3 is 19.9 Å². The van der Waals surface area contributed by atoms with Gasteiger partial charge in [-0.15, -0.1) is 0 Å². The SMILES string of the molecule is COCCNC(=O)COc1c(F)cccc1C(=O)O. The molecule has 1 aromatic rings. The summed E-state index contributed by atoms with van der Waals surface area (Å²) in [7, 11) is 1.49. The highest BCUT2D eigenvalue weighted by atomic mass is 19.1. The van der Waals surface area contributed by atoms with Gasteiger partial charge in [-0.1, -0.05) is 6.07 Å². The Morgan fingerprint density at radius 2 is 2.16 bits per heavy atom. The van der Waals surface area contributed by atoms with Crippen LogP contribution in [0.15, 0.2) is 18.2 Å². The molecule has 0 atom stereocenters. The van der Waals surface area contributed by atoms with Crippen LogP contribution >= 0.6 is 0 Å². The standard InChI is InChI=1S/C12H14FNO5/c1-18-6-5-14-10(15)7-19-11-8(12(16)17)3-2-4-9(11)13/h2-4H,5-7H2,1H3,(H,14,15)(H,16,17). The van der Waals surface area contributed by atoms with Crippen molar-refractivity contribution >= 4 is 11.9 Å². The minimum Gasteiger partial charge on any atom is -0.480 e. The van der Waals surface area contributed by atoms with Crippen LogP contribution < -0.4 is 10.1 Å². The van der Waals surface area contributed by atoms with E-state index in [-0.39, 0.29) is 5.56 Å². The first kappa shape index (κ1) is 14.9. The van der Waals surface area contributed by atoms with Crippen molar-refractivity contribution in [3.8, 4) is 5.75 Å². The minimum absolute atomic E-state index is 0.293. The van der Waals surface area contributed by atoms with E-state index in [0.717, 1.165) is 6.07 Å². The first-order valence-corrected chi connectivity index (χ1v) is 5.46. The number of benzene rings is 1. The third-order valence-corrected chi connectivity index (χ3v) is 2.17. The molecule has 104 valence electrons. The predicted molar refractivity (Wildman–Crippen MR) is 63.7 cm³/mol. The van der Waals surface area contributed by atoms with Crippen LogP contribution in [-0.4, -0.2) is 43.9 Å². The van der Waals surface area contributed by atoms with Crippen molar-refractivity contribution in [1.29, 1.82) is 0 Å². The average Bonchev–Trinajstić information content (AvgIpc) is 2.37. The molecule has 0 heterocycles. The van der Waals surface area contributed by atoms with Gasteiger partial charge in [0.15, 0.2) is 18.2 Å². The van der Waals surface area contributed by atoms with Crippen molar-refractivity contribution in [1.82, 2.24) is 5.32 Å². The Morgan fingerprint density at radius 3 is 2.79 bits per heavy atom. The summed E-state index contributed by atoms with van der Waals surface area (Å²) in [4.78, 5) is 22.2. The average molecular weight is 271 g/mol. The molecule has 1 amide bonds. The fourth-order valence-electron chi connectivity index (χ4n) is 1.31. The number of hydrogen-bond acceptors (Lipinski definition) is 4. The number of carbonyl (C=O) groups excluding carboxylic acids is 1. The lowest BCUT2D eigenvalue weighted by molar-refractivity contribution is -0.123. The zero-order valence-corrected chi connectivity index (χ0v) is 10.3. The largest absolute Gasteiger partial charge is 0.480 e. The maximum Gasteiger partial charge on any atom is 0.339 e. The summed E-state index contributed by atoms with van der Waals surface area (Å²) in [6.07, 6.45) is 0. The van der Waals surface area contributed by atoms with Crippen LogP contribution in [0.3, 0.4) is 0 Å². The lowest BCUT2D eigenvalue weighted by Gasteiger charge is -2.10. The number of carbonyl (C=O) groups is 2. The molecule has 6 nitrogen and oxygen atoms in total. The highest BCUT2D eigenvalue weighted by Gasteiger charge is 2.16. The van der Waals surface area contributed by atoms with Crippen molar-refractivity contribution in [2.24, 2.45) is 0 Å². The van der Waals surface area contributed by atoms with Gasteiger partial charge in [0.2, 0.25) is 0 Å². The van der Waals surface area contributed by atoms with E-state index in [4.69, 9.17) is 14.6 Å². The predicted octanol–water partition coefficient (Wildman–Crippen LogP) is 0.665. The highest BCUT2D eigenvalue weighted by Crippen LogP contribution is 2.22. The highest BCUT2D eigenvalue weighted by molar-refractivity contribution is 5.91. The third-order valence-electron chi connectivity index (χ3n) is 2.17. The monoisotopic (exact) mass is 271 g/mol. The molecular weight excluding hydrogens is 257 g/mol. The number of nitrogens with one attached hydrogen (secondary N) is 1. The lowest BCUT2D eigenvalue weighted by atomic mass is 10.2. The zero-order valence-electron chi connectivity index (χ0n) is 10.3. The Morgan fingerprint density at radius 1 is 1.42 bits per heavy atom. The molecule has 1 rings (SSSR count). The molecular formula is C12H14FNO5. The Hall–Kier alpha value is -2.15. The molecule has 0 aliphatic heterocycles. The number of amides is 1. The Bertz CT molecular complexity index is 463. The van der Waals surface area contributed by atoms with Gasteiger partial charge in [-0.2, -0.15) is 0 Å². The smallest absolute Gasteiger partial charge is 0.339 e. The molecule has 0 fully saturated rings. The fraction of sp³-hybridized carbons (Fsp3) is 0.333. The molecule has 0 spiro atoms. The number of ether oxygens (including phenoxy) is 2. The molecule has 0 saturated carbocycles. The van der Waals surface area contributed by atoms with E-state index in [0.29, 0.717) is 13.2 Å². The van der Waals surface area contributed by atoms with Crippen molar-refractivity contribution in [2.45, 2.75) is 0 Å². The molecule has 0 radical (unpaired) electrons. The van der Waals surface area contributed by atoms with Crippen molar-refractivity contribution in [3.05, 3.63) is 29.6 Å². The first-order valence-electron chi connectivity index (χ1n) is 5.46. The molecule has 7 heteroatoms. The summed E-state index contributed by atoms with van der Waals surface area (Å²) >= 11 is 0. The van der Waals surface area contributed by atoms with Crippen LogP contribution in [0.4, 0.5) is 4.39 Å². The lowest BCUT2D eigenvalue weighted by Crippen LogP contribution is -2.31. The van der Waals surface area contributed by atoms with Crippen LogP contribution in [0.1, 0.15) is 10.4 Å². The number of rotatable bonds is 7. The molecule has 0 aliphatic carbocycles. The number of aromatic carboxylic acids is 1. The Labute approximate surface area is 109 Å². The van der Waals surface area contributed by atoms with Gasteiger partial charge in [-0.25, -0.2) is 9.18 Å². The van der Waals surface area contributed by atoms with Crippen molar-refractivity contribution in [2.75, 3.05) is 26.9 Å². The molecule has 0 aliphatic rings. The quantitative estimate of drug-likeness (QED) is 0.712. The second-order valence-electron chi connectivity index (χ2n) is 3.55. The number of para-hydroxylation sites is 1. The molecule has 1 aromatic carbocycles. The number of hydrogen-bond donors (Lipinski definition) is 2. The topological polar surface area (TPSA) is 84.9 Å². The van der Waals surface area contributed by atoms with Crippen LogP contribution in [0, 0.1) is 5.82 Å². The maximum atomic E-state index is 13.4. The van der Waals surface area contributed by atoms with Crippen LogP contribution in [-0.2, 0) is 9.53 Å². The van der Waals surface area contributed by atoms with Crippen molar-refractivity contribution < 1.29 is 28.6 Å². The van der Waals surface area contributed by atoms with E-state index in [1.807, 2.05) is 0 Å². The molecule has 0 unspecified atom stereocenters. The summed E-state index contributed by atoms with van der Waals surface area (Å²) in [5.41, 5.74) is -0.329. The summed E-state index contributed by atoms with van der Waals surface area (Å²) in [6.45, 7) is 0.165. The Balaban J connectivity index is 2.62. The molecule has 2 N–H and O–H groups in total. The van der Waals surface area contributed by atoms with Gasteiger partial charge in [-0.05, 0) is 12.1 Å². The van der Waals surface area contributed by atoms with E-state index >= 15 is 0 Å². The second kappa shape index (κ2) is 7.32. The summed E-state index contributed by atoms with van der Waals surface area (Å²) in [5.74, 6) is -3.09. The first-order chi connectivity index (χ1) is 9.06. The molecule has 0 aromatic heterocycles. The molecule has 0 saturated heterocycles. The number of halogens is 1. The third kappa shape index (κ3) is 4.55. The van der Waals surface area contributed by atoms with Crippen LogP contribution in [0.2, 0.25) is 0 Å².